The first kappa shape index (κ1) is 16.4. The Balaban J connectivity index is 1.54. The van der Waals surface area contributed by atoms with E-state index in [2.05, 4.69) is 27.6 Å². The minimum Gasteiger partial charge on any atom is -0.346 e. The maximum atomic E-state index is 12.0. The largest absolute Gasteiger partial charge is 0.346 e. The average Bonchev–Trinajstić information content (AvgIpc) is 3.43. The summed E-state index contributed by atoms with van der Waals surface area (Å²) in [5, 5.41) is 6.24. The summed E-state index contributed by atoms with van der Waals surface area (Å²) in [6.07, 6.45) is 4.14. The van der Waals surface area contributed by atoms with Crippen LogP contribution in [0, 0.1) is 0 Å². The minimum absolute atomic E-state index is 0.209. The molecule has 6 heteroatoms. The lowest BCUT2D eigenvalue weighted by molar-refractivity contribution is -0.136. The van der Waals surface area contributed by atoms with Gasteiger partial charge in [-0.3, -0.25) is 19.5 Å². The van der Waals surface area contributed by atoms with E-state index in [1.807, 2.05) is 25.1 Å². The zero-order valence-corrected chi connectivity index (χ0v) is 14.0. The van der Waals surface area contributed by atoms with Crippen LogP contribution in [0.3, 0.4) is 0 Å². The fourth-order valence-electron chi connectivity index (χ4n) is 2.65. The lowest BCUT2D eigenvalue weighted by atomic mass is 10.2. The van der Waals surface area contributed by atoms with E-state index in [0.717, 1.165) is 10.9 Å². The van der Waals surface area contributed by atoms with Crippen molar-refractivity contribution in [2.45, 2.75) is 31.8 Å². The van der Waals surface area contributed by atoms with Crippen LogP contribution in [0.15, 0.2) is 36.5 Å². The molecule has 1 aliphatic carbocycles. The Morgan fingerprint density at radius 3 is 2.83 bits per heavy atom. The molecule has 1 unspecified atom stereocenters. The molecule has 6 nitrogen and oxygen atoms in total. The van der Waals surface area contributed by atoms with E-state index in [4.69, 9.17) is 0 Å². The molecule has 2 aromatic rings. The molecule has 0 bridgehead atoms. The molecule has 0 aliphatic heterocycles. The lowest BCUT2D eigenvalue weighted by Crippen LogP contribution is -2.44. The highest BCUT2D eigenvalue weighted by atomic mass is 16.2. The number of nitrogens with one attached hydrogen (secondary N) is 2. The van der Waals surface area contributed by atoms with Crippen molar-refractivity contribution in [1.29, 1.82) is 0 Å². The molecule has 1 saturated carbocycles. The third-order valence-corrected chi connectivity index (χ3v) is 4.44. The highest BCUT2D eigenvalue weighted by Gasteiger charge is 2.29. The topological polar surface area (TPSA) is 74.3 Å². The van der Waals surface area contributed by atoms with Crippen molar-refractivity contribution in [2.75, 3.05) is 18.9 Å². The van der Waals surface area contributed by atoms with Gasteiger partial charge in [-0.1, -0.05) is 6.07 Å². The van der Waals surface area contributed by atoms with Gasteiger partial charge in [-0.2, -0.15) is 0 Å². The SMILES string of the molecule is CC(CNC(=O)C(=O)Nc1ccc2ncccc2c1)N(C)C1CC1. The first-order valence-corrected chi connectivity index (χ1v) is 8.20. The number of aromatic nitrogens is 1. The molecule has 2 amide bonds. The predicted octanol–water partition coefficient (Wildman–Crippen LogP) is 1.77. The van der Waals surface area contributed by atoms with E-state index in [0.29, 0.717) is 18.3 Å². The van der Waals surface area contributed by atoms with Gasteiger partial charge in [-0.05, 0) is 51.1 Å². The molecule has 24 heavy (non-hydrogen) atoms. The summed E-state index contributed by atoms with van der Waals surface area (Å²) >= 11 is 0. The number of amides is 2. The van der Waals surface area contributed by atoms with Gasteiger partial charge in [0.1, 0.15) is 0 Å². The summed E-state index contributed by atoms with van der Waals surface area (Å²) in [7, 11) is 2.05. The van der Waals surface area contributed by atoms with Crippen molar-refractivity contribution in [1.82, 2.24) is 15.2 Å². The highest BCUT2D eigenvalue weighted by molar-refractivity contribution is 6.39. The average molecular weight is 326 g/mol. The van der Waals surface area contributed by atoms with Gasteiger partial charge < -0.3 is 10.6 Å². The molecule has 2 N–H and O–H groups in total. The number of carbonyl (C=O) groups is 2. The van der Waals surface area contributed by atoms with Crippen molar-refractivity contribution >= 4 is 28.4 Å². The second-order valence-electron chi connectivity index (χ2n) is 6.32. The third kappa shape index (κ3) is 3.89. The Bertz CT molecular complexity index is 758. The van der Waals surface area contributed by atoms with Crippen LogP contribution < -0.4 is 10.6 Å². The fraction of sp³-hybridized carbons (Fsp3) is 0.389. The van der Waals surface area contributed by atoms with E-state index in [9.17, 15) is 9.59 Å². The van der Waals surface area contributed by atoms with Crippen LogP contribution in [0.25, 0.3) is 10.9 Å². The molecule has 1 aromatic heterocycles. The Morgan fingerprint density at radius 1 is 1.29 bits per heavy atom. The number of carbonyl (C=O) groups excluding carboxylic acids is 2. The van der Waals surface area contributed by atoms with Gasteiger partial charge in [-0.25, -0.2) is 0 Å². The van der Waals surface area contributed by atoms with E-state index < -0.39 is 11.8 Å². The molecule has 1 aliphatic rings. The van der Waals surface area contributed by atoms with E-state index >= 15 is 0 Å². The van der Waals surface area contributed by atoms with Gasteiger partial charge in [0.15, 0.2) is 0 Å². The van der Waals surface area contributed by atoms with Crippen LogP contribution in [0.2, 0.25) is 0 Å². The smallest absolute Gasteiger partial charge is 0.313 e. The number of fused-ring (bicyclic) bond motifs is 1. The predicted molar refractivity (Wildman–Crippen MR) is 93.6 cm³/mol. The van der Waals surface area contributed by atoms with E-state index in [-0.39, 0.29) is 6.04 Å². The number of rotatable bonds is 5. The molecule has 0 radical (unpaired) electrons. The first-order valence-electron chi connectivity index (χ1n) is 8.20. The zero-order chi connectivity index (χ0) is 17.1. The molecule has 3 rings (SSSR count). The van der Waals surface area contributed by atoms with E-state index in [1.165, 1.54) is 12.8 Å². The van der Waals surface area contributed by atoms with Gasteiger partial charge in [0.25, 0.3) is 0 Å². The molecular weight excluding hydrogens is 304 g/mol. The fourth-order valence-corrected chi connectivity index (χ4v) is 2.65. The second-order valence-corrected chi connectivity index (χ2v) is 6.32. The number of nitrogens with zero attached hydrogens (tertiary/aromatic N) is 2. The van der Waals surface area contributed by atoms with Gasteiger partial charge in [0.05, 0.1) is 5.52 Å². The molecule has 126 valence electrons. The number of benzene rings is 1. The van der Waals surface area contributed by atoms with Gasteiger partial charge >= 0.3 is 11.8 Å². The molecular formula is C18H22N4O2. The molecule has 1 fully saturated rings. The number of anilines is 1. The van der Waals surface area contributed by atoms with Crippen LogP contribution in [0.1, 0.15) is 19.8 Å². The van der Waals surface area contributed by atoms with Crippen molar-refractivity contribution in [3.05, 3.63) is 36.5 Å². The van der Waals surface area contributed by atoms with Crippen LogP contribution >= 0.6 is 0 Å². The molecule has 1 aromatic carbocycles. The Morgan fingerprint density at radius 2 is 2.08 bits per heavy atom. The van der Waals surface area contributed by atoms with Crippen LogP contribution in [0.4, 0.5) is 5.69 Å². The Kier molecular flexibility index (Phi) is 4.76. The first-order chi connectivity index (χ1) is 11.5. The minimum atomic E-state index is -0.653. The van der Waals surface area contributed by atoms with Crippen molar-refractivity contribution in [3.8, 4) is 0 Å². The van der Waals surface area contributed by atoms with Gasteiger partial charge in [-0.15, -0.1) is 0 Å². The number of likely N-dealkylation sites (N-methyl/N-ethyl adjacent to an activating group) is 1. The van der Waals surface area contributed by atoms with Gasteiger partial charge in [0.2, 0.25) is 0 Å². The number of hydrogen-bond acceptors (Lipinski definition) is 4. The monoisotopic (exact) mass is 326 g/mol. The Hall–Kier alpha value is -2.47. The number of hydrogen-bond donors (Lipinski definition) is 2. The second kappa shape index (κ2) is 6.97. The summed E-state index contributed by atoms with van der Waals surface area (Å²) < 4.78 is 0. The van der Waals surface area contributed by atoms with Crippen molar-refractivity contribution in [2.24, 2.45) is 0 Å². The van der Waals surface area contributed by atoms with Crippen LogP contribution in [-0.2, 0) is 9.59 Å². The molecule has 1 atom stereocenters. The molecule has 1 heterocycles. The summed E-state index contributed by atoms with van der Waals surface area (Å²) in [4.78, 5) is 30.5. The third-order valence-electron chi connectivity index (χ3n) is 4.44. The quantitative estimate of drug-likeness (QED) is 0.821. The van der Waals surface area contributed by atoms with Gasteiger partial charge in [0, 0.05) is 35.9 Å². The molecule has 0 spiro atoms. The standard InChI is InChI=1S/C18H22N4O2/c1-12(22(2)15-6-7-15)11-20-17(23)18(24)21-14-5-8-16-13(10-14)4-3-9-19-16/h3-5,8-10,12,15H,6-7,11H2,1-2H3,(H,20,23)(H,21,24). The van der Waals surface area contributed by atoms with Crippen molar-refractivity contribution < 1.29 is 9.59 Å². The maximum absolute atomic E-state index is 12.0. The summed E-state index contributed by atoms with van der Waals surface area (Å²) in [6.45, 7) is 2.51. The lowest BCUT2D eigenvalue weighted by Gasteiger charge is -2.24. The van der Waals surface area contributed by atoms with E-state index in [1.54, 1.807) is 18.3 Å². The number of pyridine rings is 1. The Labute approximate surface area is 141 Å². The summed E-state index contributed by atoms with van der Waals surface area (Å²) in [6, 6.07) is 9.93. The maximum Gasteiger partial charge on any atom is 0.313 e. The van der Waals surface area contributed by atoms with Crippen LogP contribution in [-0.4, -0.2) is 47.4 Å². The van der Waals surface area contributed by atoms with Crippen LogP contribution in [0.5, 0.6) is 0 Å². The highest BCUT2D eigenvalue weighted by Crippen LogP contribution is 2.26. The molecule has 0 saturated heterocycles. The summed E-state index contributed by atoms with van der Waals surface area (Å²) in [5.74, 6) is -1.27. The normalized spacial score (nSPS) is 15.3. The zero-order valence-electron chi connectivity index (χ0n) is 14.0. The summed E-state index contributed by atoms with van der Waals surface area (Å²) in [5.41, 5.74) is 1.43. The van der Waals surface area contributed by atoms with Crippen molar-refractivity contribution in [3.63, 3.8) is 0 Å².